The van der Waals surface area contributed by atoms with Gasteiger partial charge >= 0.3 is 0 Å². The van der Waals surface area contributed by atoms with Crippen molar-refractivity contribution in [2.45, 2.75) is 25.7 Å². The number of amides is 1. The van der Waals surface area contributed by atoms with E-state index < -0.39 is 0 Å². The highest BCUT2D eigenvalue weighted by atomic mass is 35.5. The molecule has 2 fully saturated rings. The average Bonchev–Trinajstić information content (AvgIpc) is 2.95. The highest BCUT2D eigenvalue weighted by molar-refractivity contribution is 6.31. The molecule has 0 spiro atoms. The molecule has 1 aromatic carbocycles. The van der Waals surface area contributed by atoms with Gasteiger partial charge in [-0.15, -0.1) is 0 Å². The third-order valence-electron chi connectivity index (χ3n) is 4.41. The molecule has 0 aliphatic heterocycles. The van der Waals surface area contributed by atoms with Crippen LogP contribution in [-0.4, -0.2) is 17.6 Å². The summed E-state index contributed by atoms with van der Waals surface area (Å²) in [4.78, 5) is 12.3. The van der Waals surface area contributed by atoms with Gasteiger partial charge in [-0.25, -0.2) is 0 Å². The van der Waals surface area contributed by atoms with Gasteiger partial charge in [0.15, 0.2) is 0 Å². The minimum atomic E-state index is 0.0354. The Bertz CT molecular complexity index is 607. The summed E-state index contributed by atoms with van der Waals surface area (Å²) in [5, 5.41) is 12.3. The molecule has 2 atom stereocenters. The molecule has 2 N–H and O–H groups in total. The van der Waals surface area contributed by atoms with E-state index in [1.807, 2.05) is 0 Å². The number of hydrogen-bond donors (Lipinski definition) is 2. The van der Waals surface area contributed by atoms with E-state index >= 15 is 0 Å². The molecule has 3 rings (SSSR count). The summed E-state index contributed by atoms with van der Waals surface area (Å²) in [5.74, 6) is 7.30. The van der Waals surface area contributed by atoms with Crippen LogP contribution in [0.4, 0.5) is 5.69 Å². The summed E-state index contributed by atoms with van der Waals surface area (Å²) in [7, 11) is 0. The first-order valence-corrected chi connectivity index (χ1v) is 7.78. The van der Waals surface area contributed by atoms with Crippen molar-refractivity contribution in [3.8, 4) is 11.8 Å². The molecule has 2 aliphatic carbocycles. The zero-order valence-electron chi connectivity index (χ0n) is 11.7. The van der Waals surface area contributed by atoms with Gasteiger partial charge in [0.2, 0.25) is 5.91 Å². The quantitative estimate of drug-likeness (QED) is 0.843. The van der Waals surface area contributed by atoms with Crippen molar-refractivity contribution in [2.24, 2.45) is 17.8 Å². The fraction of sp³-hybridized carbons (Fsp3) is 0.471. The zero-order chi connectivity index (χ0) is 14.8. The summed E-state index contributed by atoms with van der Waals surface area (Å²) in [6.45, 7) is 0.0354. The molecule has 1 amide bonds. The Morgan fingerprint density at radius 1 is 1.38 bits per heavy atom. The molecule has 0 radical (unpaired) electrons. The second kappa shape index (κ2) is 6.09. The molecule has 0 heterocycles. The van der Waals surface area contributed by atoms with Gasteiger partial charge in [-0.1, -0.05) is 29.9 Å². The summed E-state index contributed by atoms with van der Waals surface area (Å²) < 4.78 is 0. The Morgan fingerprint density at radius 2 is 2.14 bits per heavy atom. The van der Waals surface area contributed by atoms with Gasteiger partial charge in [-0.05, 0) is 42.9 Å². The van der Waals surface area contributed by atoms with Crippen LogP contribution in [0.2, 0.25) is 5.02 Å². The second-order valence-electron chi connectivity index (χ2n) is 5.74. The third-order valence-corrected chi connectivity index (χ3v) is 4.64. The molecule has 2 unspecified atom stereocenters. The lowest BCUT2D eigenvalue weighted by molar-refractivity contribution is -0.118. The molecule has 3 nitrogen and oxygen atoms in total. The fourth-order valence-electron chi connectivity index (χ4n) is 3.37. The lowest BCUT2D eigenvalue weighted by atomic mass is 10.1. The van der Waals surface area contributed by atoms with E-state index in [4.69, 9.17) is 16.7 Å². The van der Waals surface area contributed by atoms with Crippen LogP contribution >= 0.6 is 11.6 Å². The lowest BCUT2D eigenvalue weighted by Crippen LogP contribution is -2.17. The van der Waals surface area contributed by atoms with Crippen molar-refractivity contribution in [1.82, 2.24) is 0 Å². The fourth-order valence-corrected chi connectivity index (χ4v) is 3.54. The molecular weight excluding hydrogens is 286 g/mol. The molecule has 4 heteroatoms. The minimum Gasteiger partial charge on any atom is -0.395 e. The molecule has 110 valence electrons. The first-order chi connectivity index (χ1) is 10.2. The van der Waals surface area contributed by atoms with Crippen LogP contribution < -0.4 is 5.32 Å². The predicted molar refractivity (Wildman–Crippen MR) is 83.0 cm³/mol. The number of carbonyl (C=O) groups excluding carboxylic acids is 1. The highest BCUT2D eigenvalue weighted by Crippen LogP contribution is 2.57. The maximum absolute atomic E-state index is 12.3. The van der Waals surface area contributed by atoms with E-state index in [-0.39, 0.29) is 18.4 Å². The first-order valence-electron chi connectivity index (χ1n) is 7.41. The molecule has 0 saturated heterocycles. The topological polar surface area (TPSA) is 49.3 Å². The molecular formula is C17H18ClNO2. The molecule has 2 aliphatic rings. The highest BCUT2D eigenvalue weighted by Gasteiger charge is 2.56. The summed E-state index contributed by atoms with van der Waals surface area (Å²) in [5.41, 5.74) is 1.41. The van der Waals surface area contributed by atoms with Gasteiger partial charge in [-0.2, -0.15) is 0 Å². The van der Waals surface area contributed by atoms with E-state index in [1.165, 1.54) is 19.3 Å². The zero-order valence-corrected chi connectivity index (χ0v) is 12.5. The van der Waals surface area contributed by atoms with Crippen LogP contribution in [0.3, 0.4) is 0 Å². The number of hydrogen-bond acceptors (Lipinski definition) is 2. The van der Waals surface area contributed by atoms with Crippen molar-refractivity contribution in [2.75, 3.05) is 11.9 Å². The Balaban J connectivity index is 1.73. The van der Waals surface area contributed by atoms with Crippen LogP contribution in [0.5, 0.6) is 0 Å². The second-order valence-corrected chi connectivity index (χ2v) is 6.18. The molecule has 21 heavy (non-hydrogen) atoms. The van der Waals surface area contributed by atoms with E-state index in [2.05, 4.69) is 17.2 Å². The van der Waals surface area contributed by atoms with Gasteiger partial charge < -0.3 is 10.4 Å². The number of anilines is 1. The van der Waals surface area contributed by atoms with Crippen molar-refractivity contribution in [3.63, 3.8) is 0 Å². The van der Waals surface area contributed by atoms with E-state index in [1.54, 1.807) is 18.2 Å². The Hall–Kier alpha value is -1.50. The van der Waals surface area contributed by atoms with Crippen molar-refractivity contribution >= 4 is 23.2 Å². The maximum atomic E-state index is 12.3. The predicted octanol–water partition coefficient (Wildman–Crippen LogP) is 3.06. The van der Waals surface area contributed by atoms with Gasteiger partial charge in [0, 0.05) is 22.9 Å². The molecule has 0 aromatic heterocycles. The Labute approximate surface area is 129 Å². The van der Waals surface area contributed by atoms with Crippen LogP contribution in [0, 0.1) is 29.6 Å². The number of rotatable bonds is 3. The first kappa shape index (κ1) is 14.4. The number of halogens is 1. The maximum Gasteiger partial charge on any atom is 0.228 e. The molecule has 1 aromatic rings. The number of carbonyl (C=O) groups is 1. The SMILES string of the molecule is O=C(Nc1cc(Cl)ccc1C#CCCO)C1C2CCCC21. The monoisotopic (exact) mass is 303 g/mol. The largest absolute Gasteiger partial charge is 0.395 e. The van der Waals surface area contributed by atoms with Crippen molar-refractivity contribution < 1.29 is 9.90 Å². The molecule has 0 bridgehead atoms. The Kier molecular flexibility index (Phi) is 4.19. The number of nitrogens with one attached hydrogen (secondary N) is 1. The van der Waals surface area contributed by atoms with Crippen molar-refractivity contribution in [3.05, 3.63) is 28.8 Å². The van der Waals surface area contributed by atoms with E-state index in [0.29, 0.717) is 29.0 Å². The van der Waals surface area contributed by atoms with E-state index in [0.717, 1.165) is 5.56 Å². The summed E-state index contributed by atoms with van der Waals surface area (Å²) in [6, 6.07) is 5.29. The van der Waals surface area contributed by atoms with Crippen LogP contribution in [0.25, 0.3) is 0 Å². The summed E-state index contributed by atoms with van der Waals surface area (Å²) >= 11 is 6.01. The van der Waals surface area contributed by atoms with Gasteiger partial charge in [0.1, 0.15) is 0 Å². The van der Waals surface area contributed by atoms with Gasteiger partial charge in [-0.3, -0.25) is 4.79 Å². The molecule has 2 saturated carbocycles. The van der Waals surface area contributed by atoms with Crippen LogP contribution in [0.15, 0.2) is 18.2 Å². The normalized spacial score (nSPS) is 25.7. The van der Waals surface area contributed by atoms with Gasteiger partial charge in [0.25, 0.3) is 0 Å². The standard InChI is InChI=1S/C17H18ClNO2/c18-12-8-7-11(4-1-2-9-20)15(10-12)19-17(21)16-13-5-3-6-14(13)16/h7-8,10,13-14,16,20H,2-3,5-6,9H2,(H,19,21). The summed E-state index contributed by atoms with van der Waals surface area (Å²) in [6.07, 6.45) is 4.04. The van der Waals surface area contributed by atoms with Gasteiger partial charge in [0.05, 0.1) is 12.3 Å². The van der Waals surface area contributed by atoms with Crippen LogP contribution in [0.1, 0.15) is 31.2 Å². The lowest BCUT2D eigenvalue weighted by Gasteiger charge is -2.09. The van der Waals surface area contributed by atoms with Crippen molar-refractivity contribution in [1.29, 1.82) is 0 Å². The Morgan fingerprint density at radius 3 is 2.86 bits per heavy atom. The number of fused-ring (bicyclic) bond motifs is 1. The smallest absolute Gasteiger partial charge is 0.228 e. The number of benzene rings is 1. The average molecular weight is 304 g/mol. The number of aliphatic hydroxyl groups is 1. The number of aliphatic hydroxyl groups excluding tert-OH is 1. The van der Waals surface area contributed by atoms with Crippen LogP contribution in [-0.2, 0) is 4.79 Å². The minimum absolute atomic E-state index is 0.0354. The van der Waals surface area contributed by atoms with E-state index in [9.17, 15) is 4.79 Å². The third kappa shape index (κ3) is 3.07.